The summed E-state index contributed by atoms with van der Waals surface area (Å²) in [6.07, 6.45) is -112. The minimum atomic E-state index is -3.37. The third kappa shape index (κ3) is 25.8. The summed E-state index contributed by atoms with van der Waals surface area (Å²) in [7, 11) is 0. The van der Waals surface area contributed by atoms with Gasteiger partial charge in [0.05, 0.1) is 78.3 Å². The van der Waals surface area contributed by atoms with Crippen molar-refractivity contribution in [2.75, 3.05) is 66.1 Å². The molecule has 0 saturated carbocycles. The molecule has 0 radical (unpaired) electrons. The lowest BCUT2D eigenvalue weighted by Gasteiger charge is -2.51. The zero-order chi connectivity index (χ0) is 105. The van der Waals surface area contributed by atoms with Crippen molar-refractivity contribution in [3.63, 3.8) is 0 Å². The van der Waals surface area contributed by atoms with Gasteiger partial charge in [0.25, 0.3) is 5.79 Å². The summed E-state index contributed by atoms with van der Waals surface area (Å²) < 4.78 is 126. The molecule has 11 rings (SSSR count). The monoisotopic (exact) mass is 2080 g/mol. The highest BCUT2D eigenvalue weighted by atomic mass is 16.8. The average Bonchev–Trinajstić information content (AvgIpc) is 0.756. The predicted octanol–water partition coefficient (Wildman–Crippen LogP) is -24.0. The summed E-state index contributed by atoms with van der Waals surface area (Å²) in [4.78, 5) is 78.3. The van der Waals surface area contributed by atoms with Crippen molar-refractivity contribution in [2.24, 2.45) is 0 Å². The first-order valence-corrected chi connectivity index (χ1v) is 45.1. The normalized spacial score (nSPS) is 48.0. The van der Waals surface area contributed by atoms with E-state index in [4.69, 9.17) is 99.5 Å². The molecule has 820 valence electrons. The molecule has 0 bridgehead atoms. The van der Waals surface area contributed by atoms with Crippen molar-refractivity contribution in [2.45, 2.75) is 391 Å². The molecule has 0 aliphatic carbocycles. The van der Waals surface area contributed by atoms with Gasteiger partial charge >= 0.3 is 5.97 Å². The van der Waals surface area contributed by atoms with E-state index in [0.717, 1.165) is 34.6 Å². The molecule has 11 aliphatic rings. The van der Waals surface area contributed by atoms with Crippen molar-refractivity contribution >= 4 is 35.5 Å². The maximum Gasteiger partial charge on any atom is 0.364 e. The average molecular weight is 2080 g/mol. The number of nitrogens with one attached hydrogen (secondary N) is 5. The Balaban J connectivity index is 0.936. The van der Waals surface area contributed by atoms with E-state index in [9.17, 15) is 187 Å². The first kappa shape index (κ1) is 117. The van der Waals surface area contributed by atoms with E-state index in [2.05, 4.69) is 26.6 Å². The van der Waals surface area contributed by atoms with Crippen molar-refractivity contribution in [1.82, 2.24) is 26.6 Å². The molecule has 63 nitrogen and oxygen atoms in total. The number of carboxylic acids is 1. The van der Waals surface area contributed by atoms with Crippen LogP contribution in [-0.4, -0.2) is 603 Å². The summed E-state index contributed by atoms with van der Waals surface area (Å²) in [6, 6.07) is -9.82. The molecule has 0 spiro atoms. The fourth-order valence-electron chi connectivity index (χ4n) is 18.3. The standard InChI is InChI=1S/C79H131N5O58/c1-18-40(100)53(113)56(116)73(124-18)122-17-34-61(50(110)35(68(119)125-34)80-19(2)93)135-70-37(82-21(4)95)52(112)60(32(15-92)131-70)136-74-57(117)63(138-77-67(55(115)45(105)28(11-88)130-77)140-71-38(83-22(5)96)51(111)59(31(14-91)132-71)134-69-36(81-20(3)94)49(109)43(103)26(9-86)126-69)48(108)33(133-74)16-123-76-66(54(114)44(104)27(10-87)129-76)139-72-39(84-23(6)97)62(46(106)29(12-89)127-72)137-75-58(118)65(47(107)30(13-90)128-75)142-79(78(120)121)7-24(98)41(101)64(141-79)42(102)25(99)8-85/h18,24-77,85-92,98-119H,7-17H2,1-6H3,(H,80,93)(H,81,94)(H,82,95)(H,83,96)(H,84,97)(H,120,121)/t18-,24-,25+,26+,27+,28+,29+,30+,31+,32+,33+,34+,35+,36+,37+,38-,39+,40+,41+,42+,43-,44+,45+,46+,47-,48+,49+,50+,51+,52+,53+,54-,55-,56-,57-,58+,59+,60+,61+,62+,63-,64+,65-,66-,67-,68+,69-,70-,71-,72-,73+,74-,75-,76-,77+,79-/m0/s1. The van der Waals surface area contributed by atoms with Crippen molar-refractivity contribution < 1.29 is 287 Å². The van der Waals surface area contributed by atoms with Gasteiger partial charge in [-0.15, -0.1) is 0 Å². The molecule has 0 aromatic carbocycles. The maximum absolute atomic E-state index is 13.4. The number of amides is 5. The van der Waals surface area contributed by atoms with Crippen LogP contribution in [0.1, 0.15) is 48.0 Å². The Labute approximate surface area is 803 Å². The number of carbonyl (C=O) groups is 6. The molecule has 0 aromatic rings. The molecule has 0 unspecified atom stereocenters. The van der Waals surface area contributed by atoms with E-state index in [1.165, 1.54) is 6.92 Å². The number of aliphatic carboxylic acids is 1. The Morgan fingerprint density at radius 3 is 1.11 bits per heavy atom. The van der Waals surface area contributed by atoms with Crippen LogP contribution in [0.2, 0.25) is 0 Å². The lowest BCUT2D eigenvalue weighted by atomic mass is 9.90. The summed E-state index contributed by atoms with van der Waals surface area (Å²) in [5.41, 5.74) is 0. The Morgan fingerprint density at radius 1 is 0.303 bits per heavy atom. The van der Waals surface area contributed by atoms with Gasteiger partial charge in [0.1, 0.15) is 262 Å². The number of carboxylic acid groups (broad SMARTS) is 1. The number of ether oxygens (including phenoxy) is 21. The highest BCUT2D eigenvalue weighted by molar-refractivity contribution is 5.76. The topological polar surface area (TPSA) is 984 Å². The number of hydrogen-bond donors (Lipinski definition) is 36. The van der Waals surface area contributed by atoms with Crippen LogP contribution < -0.4 is 26.6 Å². The Morgan fingerprint density at radius 2 is 0.641 bits per heavy atom. The molecule has 11 fully saturated rings. The largest absolute Gasteiger partial charge is 0.477 e. The van der Waals surface area contributed by atoms with Crippen molar-refractivity contribution in [3.8, 4) is 0 Å². The van der Waals surface area contributed by atoms with Gasteiger partial charge in [-0.25, -0.2) is 4.79 Å². The van der Waals surface area contributed by atoms with Gasteiger partial charge in [-0.3, -0.25) is 24.0 Å². The third-order valence-electron chi connectivity index (χ3n) is 25.9. The van der Waals surface area contributed by atoms with Crippen LogP contribution in [0.15, 0.2) is 0 Å². The second-order valence-corrected chi connectivity index (χ2v) is 36.0. The second kappa shape index (κ2) is 50.6. The van der Waals surface area contributed by atoms with Gasteiger partial charge in [-0.2, -0.15) is 0 Å². The first-order chi connectivity index (χ1) is 67.0. The van der Waals surface area contributed by atoms with Crippen LogP contribution in [-0.2, 0) is 128 Å². The molecule has 0 aromatic heterocycles. The number of rotatable bonds is 38. The van der Waals surface area contributed by atoms with Crippen LogP contribution in [0.25, 0.3) is 0 Å². The SMILES string of the molecule is CC(=O)N[C@@H]1[C@H](O[C@@H]2[C@@H](O[C@@H]3[C@H](O)[C@H](O[C@H]4[C@H](O)[C@@H](NC(C)=O)[C@H](O[C@H]5[C@H](O)[C@@H](NC(C)=O)[C@H](O)O[C@@H]5CO[C@@H]5O[C@@H](C)[C@@H](O)[C@@H](O)[C@@H]5O)O[C@@H]4CO)O[C@H](CO[C@H]4O[C@H](CO)[C@@H](O)[C@H](O)[C@@H]4O[C@@H]4O[C@H](CO)[C@@H](O)[C@H](O[C@@H]5O[C@H](CO)[C@H](O)[C@H](O[C@]6(C(=O)O)C[C@H](O)[C@@H](O)[C@H]([C@H](O)[C@H](O)CO)O6)[C@H]5O)[C@H]4NC(C)=O)[C@H]3O)O[C@H](CO)[C@@H](O)[C@@H]2O)O[C@H](CO)[C@@H](O[C@@H]2O[C@H](CO)[C@H](O)[C@H](O)[C@H]2NC(C)=O)[C@@H]1O. The molecule has 5 amide bonds. The van der Waals surface area contributed by atoms with E-state index in [1.807, 2.05) is 0 Å². The highest BCUT2D eigenvalue weighted by Gasteiger charge is 2.65. The molecule has 63 heteroatoms. The maximum atomic E-state index is 13.4. The van der Waals surface area contributed by atoms with E-state index in [1.54, 1.807) is 0 Å². The van der Waals surface area contributed by atoms with E-state index < -0.39 is 451 Å². The summed E-state index contributed by atoms with van der Waals surface area (Å²) in [6.45, 7) is -6.19. The second-order valence-electron chi connectivity index (χ2n) is 36.0. The summed E-state index contributed by atoms with van der Waals surface area (Å²) >= 11 is 0. The van der Waals surface area contributed by atoms with E-state index >= 15 is 0 Å². The molecular weight excluding hydrogens is 1950 g/mol. The van der Waals surface area contributed by atoms with Gasteiger partial charge < -0.3 is 284 Å². The molecule has 11 saturated heterocycles. The van der Waals surface area contributed by atoms with Gasteiger partial charge in [-0.05, 0) is 6.92 Å². The first-order valence-electron chi connectivity index (χ1n) is 45.1. The lowest BCUT2D eigenvalue weighted by molar-refractivity contribution is -0.399. The molecule has 56 atom stereocenters. The number of carbonyl (C=O) groups excluding carboxylic acids is 5. The highest BCUT2D eigenvalue weighted by Crippen LogP contribution is 2.44. The molecule has 36 N–H and O–H groups in total. The Bertz CT molecular complexity index is 4010. The van der Waals surface area contributed by atoms with Crippen LogP contribution in [0.3, 0.4) is 0 Å². The van der Waals surface area contributed by atoms with Gasteiger partial charge in [0, 0.05) is 41.0 Å². The smallest absolute Gasteiger partial charge is 0.364 e. The molecular formula is C79H131N5O58. The summed E-state index contributed by atoms with van der Waals surface area (Å²) in [5, 5.41) is 361. The van der Waals surface area contributed by atoms with Crippen LogP contribution in [0, 0.1) is 0 Å². The van der Waals surface area contributed by atoms with Gasteiger partial charge in [0.2, 0.25) is 29.5 Å². The minimum absolute atomic E-state index is 0.843. The third-order valence-corrected chi connectivity index (χ3v) is 25.9. The van der Waals surface area contributed by atoms with E-state index in [0.29, 0.717) is 0 Å². The number of aliphatic hydroxyl groups excluding tert-OH is 30. The fraction of sp³-hybridized carbons (Fsp3) is 0.924. The van der Waals surface area contributed by atoms with Crippen LogP contribution >= 0.6 is 0 Å². The predicted molar refractivity (Wildman–Crippen MR) is 436 cm³/mol. The summed E-state index contributed by atoms with van der Waals surface area (Å²) in [5.74, 6) is -10.4. The van der Waals surface area contributed by atoms with Crippen LogP contribution in [0.5, 0.6) is 0 Å². The molecule has 142 heavy (non-hydrogen) atoms. The van der Waals surface area contributed by atoms with E-state index in [-0.39, 0.29) is 0 Å². The fourth-order valence-corrected chi connectivity index (χ4v) is 18.3. The zero-order valence-electron chi connectivity index (χ0n) is 76.4. The molecule has 11 heterocycles. The molecule has 11 aliphatic heterocycles. The quantitative estimate of drug-likeness (QED) is 0.0273. The lowest BCUT2D eigenvalue weighted by Crippen LogP contribution is -2.71. The van der Waals surface area contributed by atoms with Crippen molar-refractivity contribution in [1.29, 1.82) is 0 Å². The Kier molecular flexibility index (Phi) is 41.7. The number of aliphatic hydroxyl groups is 30. The Hall–Kier alpha value is -5.22. The van der Waals surface area contributed by atoms with Gasteiger partial charge in [-0.1, -0.05) is 0 Å². The minimum Gasteiger partial charge on any atom is -0.477 e. The van der Waals surface area contributed by atoms with Crippen molar-refractivity contribution in [3.05, 3.63) is 0 Å². The number of hydrogen-bond acceptors (Lipinski definition) is 57. The van der Waals surface area contributed by atoms with Crippen LogP contribution in [0.4, 0.5) is 0 Å². The van der Waals surface area contributed by atoms with Gasteiger partial charge in [0.15, 0.2) is 62.9 Å². The zero-order valence-corrected chi connectivity index (χ0v) is 76.4.